The molecule has 0 unspecified atom stereocenters. The average Bonchev–Trinajstić information content (AvgIpc) is 2.01. The van der Waals surface area contributed by atoms with E-state index < -0.39 is 5.96 Å². The van der Waals surface area contributed by atoms with Crippen LogP contribution in [0.3, 0.4) is 0 Å². The van der Waals surface area contributed by atoms with E-state index in [1.54, 1.807) is 0 Å². The van der Waals surface area contributed by atoms with Gasteiger partial charge in [0.1, 0.15) is 0 Å². The van der Waals surface area contributed by atoms with Gasteiger partial charge in [-0.25, -0.2) is 0 Å². The van der Waals surface area contributed by atoms with Crippen LogP contribution in [-0.4, -0.2) is 26.2 Å². The van der Waals surface area contributed by atoms with Gasteiger partial charge in [-0.3, -0.25) is 0 Å². The molecule has 0 N–H and O–H groups in total. The van der Waals surface area contributed by atoms with Crippen LogP contribution in [0, 0.1) is 0 Å². The Bertz CT molecular complexity index is 262. The van der Waals surface area contributed by atoms with E-state index in [0.717, 1.165) is 12.6 Å². The Balaban J connectivity index is 2.54. The second-order valence-corrected chi connectivity index (χ2v) is 14.9. The van der Waals surface area contributed by atoms with Crippen LogP contribution < -0.4 is 0 Å². The van der Waals surface area contributed by atoms with E-state index in [-0.39, 0.29) is 0 Å². The Morgan fingerprint density at radius 2 is 1.62 bits per heavy atom. The molecule has 1 aromatic carbocycles. The molecule has 0 radical (unpaired) electrons. The maximum atomic E-state index is 6.47. The molecular weight excluding hydrogens is 199 g/mol. The van der Waals surface area contributed by atoms with Crippen molar-refractivity contribution in [3.05, 3.63) is 35.9 Å². The Hall–Kier alpha value is -0.0600. The summed E-state index contributed by atoms with van der Waals surface area (Å²) in [5.41, 5.74) is 1.39. The standard InChI is InChI=1S/C11H18ClP/c1-13(2,3,12)10-9-11-7-5-4-6-8-11/h4-8H,9-10H2,1-3H3. The predicted octanol–water partition coefficient (Wildman–Crippen LogP) is 3.83. The summed E-state index contributed by atoms with van der Waals surface area (Å²) in [6.07, 6.45) is 2.23. The molecule has 0 fully saturated rings. The van der Waals surface area contributed by atoms with Gasteiger partial charge in [0, 0.05) is 0 Å². The molecule has 0 bridgehead atoms. The van der Waals surface area contributed by atoms with Crippen LogP contribution in [0.2, 0.25) is 0 Å². The summed E-state index contributed by atoms with van der Waals surface area (Å²) in [6.45, 7) is 6.61. The van der Waals surface area contributed by atoms with Crippen LogP contribution in [0.1, 0.15) is 5.56 Å². The van der Waals surface area contributed by atoms with Crippen molar-refractivity contribution in [2.45, 2.75) is 6.42 Å². The van der Waals surface area contributed by atoms with Gasteiger partial charge < -0.3 is 0 Å². The molecule has 0 nitrogen and oxygen atoms in total. The predicted molar refractivity (Wildman–Crippen MR) is 65.6 cm³/mol. The van der Waals surface area contributed by atoms with Gasteiger partial charge in [-0.1, -0.05) is 0 Å². The van der Waals surface area contributed by atoms with Crippen LogP contribution >= 0.6 is 17.2 Å². The second-order valence-electron chi connectivity index (χ2n) is 4.88. The van der Waals surface area contributed by atoms with E-state index in [9.17, 15) is 0 Å². The molecule has 0 amide bonds. The molecule has 0 aromatic heterocycles. The van der Waals surface area contributed by atoms with Gasteiger partial charge in [-0.05, 0) is 0 Å². The van der Waals surface area contributed by atoms with Gasteiger partial charge >= 0.3 is 85.7 Å². The number of halogens is 1. The van der Waals surface area contributed by atoms with Crippen LogP contribution in [0.5, 0.6) is 0 Å². The van der Waals surface area contributed by atoms with E-state index in [4.69, 9.17) is 11.2 Å². The summed E-state index contributed by atoms with van der Waals surface area (Å²) >= 11 is 6.47. The summed E-state index contributed by atoms with van der Waals surface area (Å²) in [5.74, 6) is -1.82. The van der Waals surface area contributed by atoms with Gasteiger partial charge in [0.05, 0.1) is 0 Å². The minimum atomic E-state index is -1.82. The Labute approximate surface area is 86.0 Å². The van der Waals surface area contributed by atoms with Gasteiger partial charge in [0.2, 0.25) is 0 Å². The Kier molecular flexibility index (Phi) is 3.05. The summed E-state index contributed by atoms with van der Waals surface area (Å²) in [4.78, 5) is 0. The topological polar surface area (TPSA) is 0 Å². The number of aryl methyl sites for hydroxylation is 1. The van der Waals surface area contributed by atoms with E-state index in [0.29, 0.717) is 0 Å². The first-order chi connectivity index (χ1) is 5.83. The zero-order valence-corrected chi connectivity index (χ0v) is 10.3. The van der Waals surface area contributed by atoms with E-state index in [2.05, 4.69) is 44.3 Å². The van der Waals surface area contributed by atoms with Gasteiger partial charge in [0.15, 0.2) is 0 Å². The molecule has 0 saturated heterocycles. The number of hydrogen-bond donors (Lipinski definition) is 0. The third-order valence-electron chi connectivity index (χ3n) is 2.00. The fourth-order valence-corrected chi connectivity index (χ4v) is 2.42. The fourth-order valence-electron chi connectivity index (χ4n) is 1.15. The Morgan fingerprint density at radius 3 is 2.08 bits per heavy atom. The molecule has 0 aliphatic heterocycles. The van der Waals surface area contributed by atoms with Crippen molar-refractivity contribution in [2.24, 2.45) is 0 Å². The first-order valence-electron chi connectivity index (χ1n) is 4.59. The molecule has 13 heavy (non-hydrogen) atoms. The van der Waals surface area contributed by atoms with Gasteiger partial charge in [-0.2, -0.15) is 0 Å². The van der Waals surface area contributed by atoms with Crippen LogP contribution in [-0.2, 0) is 6.42 Å². The van der Waals surface area contributed by atoms with Crippen LogP contribution in [0.4, 0.5) is 0 Å². The minimum absolute atomic E-state index is 1.10. The molecule has 2 heteroatoms. The fraction of sp³-hybridized carbons (Fsp3) is 0.455. The van der Waals surface area contributed by atoms with Crippen molar-refractivity contribution >= 4 is 17.2 Å². The summed E-state index contributed by atoms with van der Waals surface area (Å²) < 4.78 is 0. The zero-order valence-electron chi connectivity index (χ0n) is 8.63. The quantitative estimate of drug-likeness (QED) is 0.674. The molecule has 1 aromatic rings. The maximum absolute atomic E-state index is 6.47. The first kappa shape index (κ1) is 11.0. The molecular formula is C11H18ClP. The van der Waals surface area contributed by atoms with E-state index >= 15 is 0 Å². The monoisotopic (exact) mass is 216 g/mol. The zero-order chi connectivity index (χ0) is 9.97. The SMILES string of the molecule is CP(C)(C)(Cl)CCc1ccccc1. The summed E-state index contributed by atoms with van der Waals surface area (Å²) in [7, 11) is 0. The van der Waals surface area contributed by atoms with Crippen molar-refractivity contribution in [2.75, 3.05) is 26.2 Å². The van der Waals surface area contributed by atoms with Crippen molar-refractivity contribution in [1.82, 2.24) is 0 Å². The molecule has 0 heterocycles. The molecule has 0 aliphatic rings. The summed E-state index contributed by atoms with van der Waals surface area (Å²) in [5, 5.41) is 0. The number of rotatable bonds is 3. The van der Waals surface area contributed by atoms with Crippen molar-refractivity contribution in [3.63, 3.8) is 0 Å². The Morgan fingerprint density at radius 1 is 1.08 bits per heavy atom. The van der Waals surface area contributed by atoms with Gasteiger partial charge in [0.25, 0.3) is 0 Å². The van der Waals surface area contributed by atoms with E-state index in [1.807, 2.05) is 6.07 Å². The molecule has 0 spiro atoms. The third-order valence-corrected chi connectivity index (χ3v) is 4.24. The molecule has 0 atom stereocenters. The van der Waals surface area contributed by atoms with Crippen molar-refractivity contribution in [1.29, 1.82) is 0 Å². The van der Waals surface area contributed by atoms with Crippen LogP contribution in [0.25, 0.3) is 0 Å². The molecule has 74 valence electrons. The average molecular weight is 217 g/mol. The van der Waals surface area contributed by atoms with Crippen molar-refractivity contribution < 1.29 is 0 Å². The molecule has 0 saturated carbocycles. The van der Waals surface area contributed by atoms with E-state index in [1.165, 1.54) is 5.56 Å². The van der Waals surface area contributed by atoms with Gasteiger partial charge in [-0.15, -0.1) is 0 Å². The summed E-state index contributed by atoms with van der Waals surface area (Å²) in [6, 6.07) is 10.5. The van der Waals surface area contributed by atoms with Crippen LogP contribution in [0.15, 0.2) is 30.3 Å². The molecule has 1 rings (SSSR count). The molecule has 0 aliphatic carbocycles. The number of hydrogen-bond acceptors (Lipinski definition) is 0. The number of benzene rings is 1. The normalized spacial score (nSPS) is 14.9. The van der Waals surface area contributed by atoms with Crippen molar-refractivity contribution in [3.8, 4) is 0 Å². The second kappa shape index (κ2) is 3.59. The third kappa shape index (κ3) is 5.29. The first-order valence-corrected chi connectivity index (χ1v) is 9.26.